The van der Waals surface area contributed by atoms with Crippen LogP contribution in [-0.2, 0) is 11.3 Å². The van der Waals surface area contributed by atoms with E-state index in [4.69, 9.17) is 9.15 Å². The topological polar surface area (TPSA) is 66.2 Å². The van der Waals surface area contributed by atoms with Gasteiger partial charge in [0.25, 0.3) is 5.91 Å². The number of thioether (sulfide) groups is 1. The first-order chi connectivity index (χ1) is 16.6. The first-order valence-corrected chi connectivity index (χ1v) is 12.4. The molecule has 0 bridgehead atoms. The molecule has 3 heterocycles. The third-order valence-corrected chi connectivity index (χ3v) is 7.57. The molecule has 2 aromatic carbocycles. The summed E-state index contributed by atoms with van der Waals surface area (Å²) in [6.07, 6.45) is 1.62. The summed E-state index contributed by atoms with van der Waals surface area (Å²) in [5.74, 6) is 2.19. The van der Waals surface area contributed by atoms with E-state index >= 15 is 0 Å². The number of rotatable bonds is 6. The SMILES string of the molecule is COc1ccccc1N1CCN(C(=O)c2ccc([C@@H]3SCC(=O)N3Cc3ccco3)cc2)CC1. The predicted octanol–water partition coefficient (Wildman–Crippen LogP) is 4.02. The summed E-state index contributed by atoms with van der Waals surface area (Å²) >= 11 is 1.60. The normalized spacial score (nSPS) is 18.4. The van der Waals surface area contributed by atoms with Gasteiger partial charge in [0, 0.05) is 31.7 Å². The molecule has 176 valence electrons. The van der Waals surface area contributed by atoms with Crippen molar-refractivity contribution in [2.45, 2.75) is 11.9 Å². The van der Waals surface area contributed by atoms with Gasteiger partial charge in [-0.3, -0.25) is 9.59 Å². The van der Waals surface area contributed by atoms with Crippen LogP contribution in [0.1, 0.15) is 27.1 Å². The molecule has 0 spiro atoms. The maximum Gasteiger partial charge on any atom is 0.253 e. The van der Waals surface area contributed by atoms with Crippen molar-refractivity contribution in [1.29, 1.82) is 0 Å². The second-order valence-corrected chi connectivity index (χ2v) is 9.41. The van der Waals surface area contributed by atoms with E-state index in [1.54, 1.807) is 25.1 Å². The van der Waals surface area contributed by atoms with Crippen molar-refractivity contribution >= 4 is 29.3 Å². The number of para-hydroxylation sites is 2. The fourth-order valence-electron chi connectivity index (χ4n) is 4.49. The van der Waals surface area contributed by atoms with E-state index in [9.17, 15) is 9.59 Å². The fourth-order valence-corrected chi connectivity index (χ4v) is 5.67. The van der Waals surface area contributed by atoms with Crippen LogP contribution in [0.3, 0.4) is 0 Å². The highest BCUT2D eigenvalue weighted by Gasteiger charge is 2.33. The van der Waals surface area contributed by atoms with E-state index in [-0.39, 0.29) is 17.2 Å². The summed E-state index contributed by atoms with van der Waals surface area (Å²) in [4.78, 5) is 31.5. The lowest BCUT2D eigenvalue weighted by molar-refractivity contribution is -0.128. The number of benzene rings is 2. The zero-order valence-electron chi connectivity index (χ0n) is 19.1. The minimum atomic E-state index is -0.0776. The van der Waals surface area contributed by atoms with Crippen molar-refractivity contribution < 1.29 is 18.7 Å². The van der Waals surface area contributed by atoms with Gasteiger partial charge in [-0.05, 0) is 42.0 Å². The minimum absolute atomic E-state index is 0.0359. The number of furan rings is 1. The molecule has 0 aliphatic carbocycles. The van der Waals surface area contributed by atoms with Gasteiger partial charge in [0.2, 0.25) is 5.91 Å². The Morgan fingerprint density at radius 3 is 2.50 bits per heavy atom. The van der Waals surface area contributed by atoms with Crippen LogP contribution in [0.2, 0.25) is 0 Å². The number of carbonyl (C=O) groups is 2. The summed E-state index contributed by atoms with van der Waals surface area (Å²) in [7, 11) is 1.68. The highest BCUT2D eigenvalue weighted by molar-refractivity contribution is 8.00. The van der Waals surface area contributed by atoms with E-state index in [1.165, 1.54) is 0 Å². The minimum Gasteiger partial charge on any atom is -0.495 e. The number of hydrogen-bond acceptors (Lipinski definition) is 6. The van der Waals surface area contributed by atoms with Gasteiger partial charge in [-0.15, -0.1) is 11.8 Å². The Kier molecular flexibility index (Phi) is 6.49. The molecule has 0 radical (unpaired) electrons. The van der Waals surface area contributed by atoms with Crippen molar-refractivity contribution in [3.8, 4) is 5.75 Å². The summed E-state index contributed by atoms with van der Waals surface area (Å²) < 4.78 is 10.9. The average molecular weight is 478 g/mol. The molecule has 8 heteroatoms. The average Bonchev–Trinajstić information content (AvgIpc) is 3.54. The number of nitrogens with zero attached hydrogens (tertiary/aromatic N) is 3. The fraction of sp³-hybridized carbons (Fsp3) is 0.308. The molecule has 1 atom stereocenters. The Morgan fingerprint density at radius 1 is 1.03 bits per heavy atom. The monoisotopic (exact) mass is 477 g/mol. The van der Waals surface area contributed by atoms with Gasteiger partial charge in [0.15, 0.2) is 0 Å². The molecule has 2 saturated heterocycles. The standard InChI is InChI=1S/C26H27N3O4S/c1-32-23-7-3-2-6-22(23)27-12-14-28(15-13-27)25(31)19-8-10-20(11-9-19)26-29(24(30)18-34-26)17-21-5-4-16-33-21/h2-11,16,26H,12-15,17-18H2,1H3/t26-/m0/s1. The van der Waals surface area contributed by atoms with Crippen LogP contribution in [0.25, 0.3) is 0 Å². The number of methoxy groups -OCH3 is 1. The second-order valence-electron chi connectivity index (χ2n) is 8.34. The van der Waals surface area contributed by atoms with Crippen LogP contribution in [0.4, 0.5) is 5.69 Å². The van der Waals surface area contributed by atoms with Crippen molar-refractivity contribution in [2.24, 2.45) is 0 Å². The number of amides is 2. The molecule has 0 saturated carbocycles. The molecular formula is C26H27N3O4S. The van der Waals surface area contributed by atoms with E-state index in [0.29, 0.717) is 31.0 Å². The number of ether oxygens (including phenoxy) is 1. The lowest BCUT2D eigenvalue weighted by atomic mass is 10.1. The van der Waals surface area contributed by atoms with Crippen LogP contribution >= 0.6 is 11.8 Å². The third-order valence-electron chi connectivity index (χ3n) is 6.31. The second kappa shape index (κ2) is 9.85. The molecule has 2 fully saturated rings. The van der Waals surface area contributed by atoms with E-state index in [1.807, 2.05) is 64.4 Å². The maximum atomic E-state index is 13.1. The largest absolute Gasteiger partial charge is 0.495 e. The van der Waals surface area contributed by atoms with Gasteiger partial charge in [-0.2, -0.15) is 0 Å². The molecular weight excluding hydrogens is 450 g/mol. The summed E-state index contributed by atoms with van der Waals surface area (Å²) in [6, 6.07) is 19.4. The summed E-state index contributed by atoms with van der Waals surface area (Å²) in [5, 5.41) is -0.0776. The Morgan fingerprint density at radius 2 is 1.79 bits per heavy atom. The summed E-state index contributed by atoms with van der Waals surface area (Å²) in [5.41, 5.74) is 2.74. The van der Waals surface area contributed by atoms with E-state index in [2.05, 4.69) is 11.0 Å². The van der Waals surface area contributed by atoms with Crippen LogP contribution in [0.15, 0.2) is 71.3 Å². The van der Waals surface area contributed by atoms with E-state index in [0.717, 1.165) is 35.9 Å². The predicted molar refractivity (Wildman–Crippen MR) is 132 cm³/mol. The molecule has 3 aromatic rings. The molecule has 7 nitrogen and oxygen atoms in total. The quantitative estimate of drug-likeness (QED) is 0.534. The molecule has 0 N–H and O–H groups in total. The lowest BCUT2D eigenvalue weighted by Crippen LogP contribution is -2.48. The van der Waals surface area contributed by atoms with Crippen molar-refractivity contribution in [3.05, 3.63) is 83.8 Å². The summed E-state index contributed by atoms with van der Waals surface area (Å²) in [6.45, 7) is 3.27. The van der Waals surface area contributed by atoms with E-state index < -0.39 is 0 Å². The van der Waals surface area contributed by atoms with Gasteiger partial charge in [-0.25, -0.2) is 0 Å². The van der Waals surface area contributed by atoms with Crippen LogP contribution in [-0.4, -0.2) is 60.7 Å². The van der Waals surface area contributed by atoms with Gasteiger partial charge in [0.1, 0.15) is 16.9 Å². The zero-order chi connectivity index (χ0) is 23.5. The molecule has 5 rings (SSSR count). The maximum absolute atomic E-state index is 13.1. The number of piperazine rings is 1. The Labute approximate surface area is 203 Å². The molecule has 34 heavy (non-hydrogen) atoms. The van der Waals surface area contributed by atoms with Crippen LogP contribution in [0.5, 0.6) is 5.75 Å². The number of anilines is 1. The Bertz CT molecular complexity index is 1140. The van der Waals surface area contributed by atoms with Crippen LogP contribution < -0.4 is 9.64 Å². The third kappa shape index (κ3) is 4.50. The van der Waals surface area contributed by atoms with Gasteiger partial charge in [0.05, 0.1) is 31.4 Å². The van der Waals surface area contributed by atoms with Crippen molar-refractivity contribution in [1.82, 2.24) is 9.80 Å². The number of hydrogen-bond donors (Lipinski definition) is 0. The zero-order valence-corrected chi connectivity index (χ0v) is 19.9. The van der Waals surface area contributed by atoms with Crippen LogP contribution in [0, 0.1) is 0 Å². The first-order valence-electron chi connectivity index (χ1n) is 11.3. The highest BCUT2D eigenvalue weighted by Crippen LogP contribution is 2.39. The molecule has 2 aliphatic rings. The highest BCUT2D eigenvalue weighted by atomic mass is 32.2. The molecule has 2 amide bonds. The smallest absolute Gasteiger partial charge is 0.253 e. The molecule has 1 aromatic heterocycles. The Hall–Kier alpha value is -3.39. The van der Waals surface area contributed by atoms with Crippen molar-refractivity contribution in [3.63, 3.8) is 0 Å². The molecule has 0 unspecified atom stereocenters. The first kappa shape index (κ1) is 22.4. The van der Waals surface area contributed by atoms with Gasteiger partial charge in [-0.1, -0.05) is 24.3 Å². The number of carbonyl (C=O) groups excluding carboxylic acids is 2. The van der Waals surface area contributed by atoms with Gasteiger partial charge >= 0.3 is 0 Å². The van der Waals surface area contributed by atoms with Crippen molar-refractivity contribution in [2.75, 3.05) is 43.9 Å². The molecule has 2 aliphatic heterocycles. The lowest BCUT2D eigenvalue weighted by Gasteiger charge is -2.36. The Balaban J connectivity index is 1.22. The van der Waals surface area contributed by atoms with Gasteiger partial charge < -0.3 is 23.9 Å².